The fraction of sp³-hybridized carbons (Fsp3) is 0.588. The zero-order valence-corrected chi connectivity index (χ0v) is 13.4. The molecule has 0 aliphatic carbocycles. The number of likely N-dealkylation sites (N-methyl/N-ethyl adjacent to an activating group) is 1. The number of benzene rings is 1. The molecule has 1 unspecified atom stereocenters. The molecule has 1 aliphatic rings. The second-order valence-electron chi connectivity index (χ2n) is 5.93. The summed E-state index contributed by atoms with van der Waals surface area (Å²) >= 11 is 0. The standard InChI is InChI=1S/C17H27N3O/c1-4-20(13-15-7-5-6-12-18-15)17(21)14-8-10-16(11-9-14)19(2)3/h8-11,15,18H,4-7,12-13H2,1-3H3. The van der Waals surface area contributed by atoms with Crippen molar-refractivity contribution in [2.24, 2.45) is 0 Å². The SMILES string of the molecule is CCN(CC1CCCCN1)C(=O)c1ccc(N(C)C)cc1. The minimum Gasteiger partial charge on any atom is -0.378 e. The maximum Gasteiger partial charge on any atom is 0.253 e. The van der Waals surface area contributed by atoms with Gasteiger partial charge in [0.15, 0.2) is 0 Å². The molecule has 1 saturated heterocycles. The summed E-state index contributed by atoms with van der Waals surface area (Å²) < 4.78 is 0. The van der Waals surface area contributed by atoms with Crippen molar-refractivity contribution < 1.29 is 4.79 Å². The van der Waals surface area contributed by atoms with Crippen molar-refractivity contribution in [2.45, 2.75) is 32.2 Å². The lowest BCUT2D eigenvalue weighted by Gasteiger charge is -2.30. The van der Waals surface area contributed by atoms with E-state index >= 15 is 0 Å². The minimum absolute atomic E-state index is 0.134. The van der Waals surface area contributed by atoms with Gasteiger partial charge in [-0.2, -0.15) is 0 Å². The quantitative estimate of drug-likeness (QED) is 0.904. The minimum atomic E-state index is 0.134. The molecule has 1 N–H and O–H groups in total. The van der Waals surface area contributed by atoms with E-state index in [1.165, 1.54) is 19.3 Å². The molecule has 1 heterocycles. The Balaban J connectivity index is 2.01. The molecule has 0 spiro atoms. The number of nitrogens with one attached hydrogen (secondary N) is 1. The Kier molecular flexibility index (Phi) is 5.62. The Morgan fingerprint density at radius 2 is 1.95 bits per heavy atom. The van der Waals surface area contributed by atoms with Crippen LogP contribution < -0.4 is 10.2 Å². The van der Waals surface area contributed by atoms with Crippen molar-refractivity contribution in [3.63, 3.8) is 0 Å². The number of hydrogen-bond acceptors (Lipinski definition) is 3. The van der Waals surface area contributed by atoms with E-state index in [9.17, 15) is 4.79 Å². The molecule has 0 saturated carbocycles. The smallest absolute Gasteiger partial charge is 0.253 e. The van der Waals surface area contributed by atoms with E-state index in [2.05, 4.69) is 12.2 Å². The highest BCUT2D eigenvalue weighted by Crippen LogP contribution is 2.15. The van der Waals surface area contributed by atoms with Crippen LogP contribution in [0.4, 0.5) is 5.69 Å². The molecular weight excluding hydrogens is 262 g/mol. The van der Waals surface area contributed by atoms with E-state index < -0.39 is 0 Å². The lowest BCUT2D eigenvalue weighted by Crippen LogP contribution is -2.45. The normalized spacial score (nSPS) is 18.3. The summed E-state index contributed by atoms with van der Waals surface area (Å²) in [6.45, 7) is 4.69. The highest BCUT2D eigenvalue weighted by molar-refractivity contribution is 5.94. The summed E-state index contributed by atoms with van der Waals surface area (Å²) in [4.78, 5) is 16.6. The molecule has 1 amide bonds. The lowest BCUT2D eigenvalue weighted by atomic mass is 10.0. The summed E-state index contributed by atoms with van der Waals surface area (Å²) in [7, 11) is 4.01. The van der Waals surface area contributed by atoms with Gasteiger partial charge in [0.2, 0.25) is 0 Å². The van der Waals surface area contributed by atoms with Gasteiger partial charge in [-0.25, -0.2) is 0 Å². The Morgan fingerprint density at radius 3 is 2.48 bits per heavy atom. The number of carbonyl (C=O) groups excluding carboxylic acids is 1. The predicted octanol–water partition coefficient (Wildman–Crippen LogP) is 2.36. The van der Waals surface area contributed by atoms with Gasteiger partial charge >= 0.3 is 0 Å². The molecular formula is C17H27N3O. The van der Waals surface area contributed by atoms with Crippen molar-refractivity contribution in [3.8, 4) is 0 Å². The average molecular weight is 289 g/mol. The first kappa shape index (κ1) is 15.8. The maximum absolute atomic E-state index is 12.6. The summed E-state index contributed by atoms with van der Waals surface area (Å²) in [5.41, 5.74) is 1.89. The molecule has 1 aromatic rings. The van der Waals surface area contributed by atoms with Crippen LogP contribution in [0.15, 0.2) is 24.3 Å². The van der Waals surface area contributed by atoms with E-state index in [4.69, 9.17) is 0 Å². The first-order valence-electron chi connectivity index (χ1n) is 7.92. The topological polar surface area (TPSA) is 35.6 Å². The number of amides is 1. The Morgan fingerprint density at radius 1 is 1.24 bits per heavy atom. The third-order valence-electron chi connectivity index (χ3n) is 4.15. The number of carbonyl (C=O) groups is 1. The summed E-state index contributed by atoms with van der Waals surface area (Å²) in [5.74, 6) is 0.134. The average Bonchev–Trinajstić information content (AvgIpc) is 2.53. The molecule has 0 aromatic heterocycles. The third-order valence-corrected chi connectivity index (χ3v) is 4.15. The van der Waals surface area contributed by atoms with Crippen molar-refractivity contribution in [1.29, 1.82) is 0 Å². The van der Waals surface area contributed by atoms with Crippen LogP contribution in [0.2, 0.25) is 0 Å². The van der Waals surface area contributed by atoms with Crippen LogP contribution >= 0.6 is 0 Å². The van der Waals surface area contributed by atoms with Gasteiger partial charge in [-0.15, -0.1) is 0 Å². The van der Waals surface area contributed by atoms with Crippen LogP contribution in [-0.4, -0.2) is 50.6 Å². The van der Waals surface area contributed by atoms with E-state index in [0.29, 0.717) is 6.04 Å². The van der Waals surface area contributed by atoms with Crippen LogP contribution in [0.5, 0.6) is 0 Å². The van der Waals surface area contributed by atoms with E-state index in [-0.39, 0.29) is 5.91 Å². The Hall–Kier alpha value is -1.55. The second kappa shape index (κ2) is 7.46. The van der Waals surface area contributed by atoms with Gasteiger partial charge in [0.05, 0.1) is 0 Å². The van der Waals surface area contributed by atoms with E-state index in [1.807, 2.05) is 48.2 Å². The monoisotopic (exact) mass is 289 g/mol. The molecule has 4 heteroatoms. The predicted molar refractivity (Wildman–Crippen MR) is 88.0 cm³/mol. The first-order chi connectivity index (χ1) is 10.1. The highest BCUT2D eigenvalue weighted by Gasteiger charge is 2.20. The van der Waals surface area contributed by atoms with Gasteiger partial charge in [-0.05, 0) is 50.6 Å². The Labute approximate surface area is 128 Å². The summed E-state index contributed by atoms with van der Waals surface area (Å²) in [5, 5.41) is 3.51. The van der Waals surface area contributed by atoms with Gasteiger partial charge in [-0.1, -0.05) is 6.42 Å². The molecule has 21 heavy (non-hydrogen) atoms. The molecule has 0 bridgehead atoms. The first-order valence-corrected chi connectivity index (χ1v) is 7.92. The van der Waals surface area contributed by atoms with Crippen LogP contribution in [0.3, 0.4) is 0 Å². The highest BCUT2D eigenvalue weighted by atomic mass is 16.2. The van der Waals surface area contributed by atoms with Gasteiger partial charge < -0.3 is 15.1 Å². The van der Waals surface area contributed by atoms with Crippen LogP contribution in [-0.2, 0) is 0 Å². The lowest BCUT2D eigenvalue weighted by molar-refractivity contribution is 0.0741. The molecule has 2 rings (SSSR count). The Bertz CT molecular complexity index is 450. The van der Waals surface area contributed by atoms with Gasteiger partial charge in [0.25, 0.3) is 5.91 Å². The van der Waals surface area contributed by atoms with Crippen molar-refractivity contribution >= 4 is 11.6 Å². The number of anilines is 1. The number of hydrogen-bond donors (Lipinski definition) is 1. The van der Waals surface area contributed by atoms with Gasteiger partial charge in [0, 0.05) is 44.5 Å². The fourth-order valence-electron chi connectivity index (χ4n) is 2.79. The number of piperidine rings is 1. The van der Waals surface area contributed by atoms with Crippen molar-refractivity contribution in [1.82, 2.24) is 10.2 Å². The zero-order valence-electron chi connectivity index (χ0n) is 13.4. The molecule has 1 fully saturated rings. The number of rotatable bonds is 5. The second-order valence-corrected chi connectivity index (χ2v) is 5.93. The van der Waals surface area contributed by atoms with E-state index in [1.54, 1.807) is 0 Å². The molecule has 0 radical (unpaired) electrons. The molecule has 116 valence electrons. The molecule has 1 aromatic carbocycles. The molecule has 4 nitrogen and oxygen atoms in total. The zero-order chi connectivity index (χ0) is 15.2. The maximum atomic E-state index is 12.6. The summed E-state index contributed by atoms with van der Waals surface area (Å²) in [6, 6.07) is 8.30. The van der Waals surface area contributed by atoms with Gasteiger partial charge in [0.1, 0.15) is 0 Å². The molecule has 1 aliphatic heterocycles. The summed E-state index contributed by atoms with van der Waals surface area (Å²) in [6.07, 6.45) is 3.69. The fourth-order valence-corrected chi connectivity index (χ4v) is 2.79. The molecule has 1 atom stereocenters. The van der Waals surface area contributed by atoms with Gasteiger partial charge in [-0.3, -0.25) is 4.79 Å². The van der Waals surface area contributed by atoms with E-state index in [0.717, 1.165) is 30.9 Å². The van der Waals surface area contributed by atoms with Crippen molar-refractivity contribution in [3.05, 3.63) is 29.8 Å². The van der Waals surface area contributed by atoms with Crippen LogP contribution in [0, 0.1) is 0 Å². The van der Waals surface area contributed by atoms with Crippen LogP contribution in [0.1, 0.15) is 36.5 Å². The third kappa shape index (κ3) is 4.21. The van der Waals surface area contributed by atoms with Crippen molar-refractivity contribution in [2.75, 3.05) is 38.6 Å². The van der Waals surface area contributed by atoms with Crippen LogP contribution in [0.25, 0.3) is 0 Å². The number of nitrogens with zero attached hydrogens (tertiary/aromatic N) is 2. The largest absolute Gasteiger partial charge is 0.378 e.